The first-order valence-electron chi connectivity index (χ1n) is 7.51. The van der Waals surface area contributed by atoms with Crippen LogP contribution in [0, 0.1) is 0 Å². The van der Waals surface area contributed by atoms with Crippen molar-refractivity contribution in [2.75, 3.05) is 20.3 Å². The average molecular weight is 364 g/mol. The molecule has 6 nitrogen and oxygen atoms in total. The summed E-state index contributed by atoms with van der Waals surface area (Å²) < 4.78 is 15.3. The van der Waals surface area contributed by atoms with Gasteiger partial charge in [-0.2, -0.15) is 0 Å². The standard InChI is InChI=1S/C18H18ClNO5/c1-23-16-8-3-2-5-13(16)10-20-17(21)11-25-18(22)12-24-15-7-4-6-14(19)9-15/h2-9H,10-12H2,1H3,(H,20,21). The maximum Gasteiger partial charge on any atom is 0.344 e. The van der Waals surface area contributed by atoms with Crippen molar-refractivity contribution in [1.82, 2.24) is 5.32 Å². The number of amides is 1. The average Bonchev–Trinajstić information content (AvgIpc) is 2.63. The molecule has 132 valence electrons. The third-order valence-corrected chi connectivity index (χ3v) is 3.42. The van der Waals surface area contributed by atoms with Gasteiger partial charge in [0, 0.05) is 17.1 Å². The van der Waals surface area contributed by atoms with Gasteiger partial charge >= 0.3 is 5.97 Å². The van der Waals surface area contributed by atoms with Crippen molar-refractivity contribution in [3.05, 3.63) is 59.1 Å². The Balaban J connectivity index is 1.69. The monoisotopic (exact) mass is 363 g/mol. The first kappa shape index (κ1) is 18.6. The van der Waals surface area contributed by atoms with Gasteiger partial charge in [-0.1, -0.05) is 35.9 Å². The SMILES string of the molecule is COc1ccccc1CNC(=O)COC(=O)COc1cccc(Cl)c1. The molecule has 0 saturated carbocycles. The number of hydrogen-bond donors (Lipinski definition) is 1. The van der Waals surface area contributed by atoms with Gasteiger partial charge in [0.2, 0.25) is 0 Å². The number of rotatable bonds is 8. The number of carbonyl (C=O) groups excluding carboxylic acids is 2. The van der Waals surface area contributed by atoms with Crippen LogP contribution in [0.5, 0.6) is 11.5 Å². The molecule has 2 aromatic rings. The maximum absolute atomic E-state index is 11.8. The number of carbonyl (C=O) groups is 2. The fourth-order valence-electron chi connectivity index (χ4n) is 1.98. The van der Waals surface area contributed by atoms with E-state index in [1.54, 1.807) is 37.4 Å². The molecule has 2 aromatic carbocycles. The highest BCUT2D eigenvalue weighted by Gasteiger charge is 2.09. The van der Waals surface area contributed by atoms with Crippen LogP contribution in [-0.4, -0.2) is 32.2 Å². The molecule has 0 fully saturated rings. The number of esters is 1. The fourth-order valence-corrected chi connectivity index (χ4v) is 2.16. The van der Waals surface area contributed by atoms with Crippen molar-refractivity contribution in [2.24, 2.45) is 0 Å². The second-order valence-electron chi connectivity index (χ2n) is 5.00. The molecule has 0 unspecified atom stereocenters. The zero-order valence-corrected chi connectivity index (χ0v) is 14.4. The predicted molar refractivity (Wildman–Crippen MR) is 92.7 cm³/mol. The Morgan fingerprint density at radius 2 is 1.88 bits per heavy atom. The summed E-state index contributed by atoms with van der Waals surface area (Å²) in [5.41, 5.74) is 0.828. The van der Waals surface area contributed by atoms with Gasteiger partial charge < -0.3 is 19.5 Å². The van der Waals surface area contributed by atoms with E-state index in [4.69, 9.17) is 25.8 Å². The summed E-state index contributed by atoms with van der Waals surface area (Å²) in [4.78, 5) is 23.4. The third kappa shape index (κ3) is 6.35. The lowest BCUT2D eigenvalue weighted by Gasteiger charge is -2.10. The van der Waals surface area contributed by atoms with Gasteiger partial charge in [-0.15, -0.1) is 0 Å². The number of benzene rings is 2. The molecule has 0 aliphatic carbocycles. The van der Waals surface area contributed by atoms with Crippen LogP contribution in [-0.2, 0) is 20.9 Å². The molecule has 0 radical (unpaired) electrons. The summed E-state index contributed by atoms with van der Waals surface area (Å²) in [5, 5.41) is 3.16. The van der Waals surface area contributed by atoms with Gasteiger partial charge in [0.1, 0.15) is 11.5 Å². The summed E-state index contributed by atoms with van der Waals surface area (Å²) in [5.74, 6) is 0.0641. The van der Waals surface area contributed by atoms with Crippen molar-refractivity contribution in [1.29, 1.82) is 0 Å². The van der Waals surface area contributed by atoms with Crippen molar-refractivity contribution in [2.45, 2.75) is 6.54 Å². The molecule has 0 aromatic heterocycles. The second-order valence-corrected chi connectivity index (χ2v) is 5.43. The number of hydrogen-bond acceptors (Lipinski definition) is 5. The topological polar surface area (TPSA) is 73.9 Å². The van der Waals surface area contributed by atoms with E-state index in [-0.39, 0.29) is 19.8 Å². The minimum absolute atomic E-state index is 0.277. The van der Waals surface area contributed by atoms with Crippen LogP contribution in [0.4, 0.5) is 0 Å². The molecule has 2 rings (SSSR count). The molecule has 0 bridgehead atoms. The molecule has 1 amide bonds. The Hall–Kier alpha value is -2.73. The first-order valence-corrected chi connectivity index (χ1v) is 7.89. The lowest BCUT2D eigenvalue weighted by atomic mass is 10.2. The zero-order valence-electron chi connectivity index (χ0n) is 13.7. The van der Waals surface area contributed by atoms with Crippen molar-refractivity contribution in [3.8, 4) is 11.5 Å². The highest BCUT2D eigenvalue weighted by Crippen LogP contribution is 2.17. The van der Waals surface area contributed by atoms with Gasteiger partial charge in [0.25, 0.3) is 5.91 Å². The summed E-state index contributed by atoms with van der Waals surface area (Å²) in [7, 11) is 1.56. The maximum atomic E-state index is 11.8. The van der Waals surface area contributed by atoms with Gasteiger partial charge in [-0.3, -0.25) is 4.79 Å². The van der Waals surface area contributed by atoms with E-state index in [2.05, 4.69) is 5.32 Å². The fraction of sp³-hybridized carbons (Fsp3) is 0.222. The van der Waals surface area contributed by atoms with E-state index in [0.29, 0.717) is 16.5 Å². The minimum atomic E-state index is -0.646. The Labute approximate surface area is 150 Å². The molecular formula is C18H18ClNO5. The number of methoxy groups -OCH3 is 1. The van der Waals surface area contributed by atoms with Gasteiger partial charge in [-0.05, 0) is 24.3 Å². The van der Waals surface area contributed by atoms with Gasteiger partial charge in [-0.25, -0.2) is 4.79 Å². The number of para-hydroxylation sites is 1. The largest absolute Gasteiger partial charge is 0.496 e. The molecule has 1 N–H and O–H groups in total. The van der Waals surface area contributed by atoms with E-state index >= 15 is 0 Å². The van der Waals surface area contributed by atoms with Crippen LogP contribution in [0.2, 0.25) is 5.02 Å². The molecule has 25 heavy (non-hydrogen) atoms. The van der Waals surface area contributed by atoms with E-state index in [1.165, 1.54) is 0 Å². The molecule has 7 heteroatoms. The van der Waals surface area contributed by atoms with E-state index in [9.17, 15) is 9.59 Å². The molecule has 0 saturated heterocycles. The smallest absolute Gasteiger partial charge is 0.344 e. The van der Waals surface area contributed by atoms with Crippen LogP contribution >= 0.6 is 11.6 Å². The lowest BCUT2D eigenvalue weighted by Crippen LogP contribution is -2.29. The normalized spacial score (nSPS) is 10.0. The van der Waals surface area contributed by atoms with Crippen LogP contribution in [0.1, 0.15) is 5.56 Å². The molecule has 0 aliphatic rings. The number of nitrogens with one attached hydrogen (secondary N) is 1. The molecule has 0 atom stereocenters. The van der Waals surface area contributed by atoms with Crippen molar-refractivity contribution in [3.63, 3.8) is 0 Å². The third-order valence-electron chi connectivity index (χ3n) is 3.19. The van der Waals surface area contributed by atoms with Crippen molar-refractivity contribution >= 4 is 23.5 Å². The van der Waals surface area contributed by atoms with Crippen LogP contribution in [0.3, 0.4) is 0 Å². The first-order chi connectivity index (χ1) is 12.1. The Morgan fingerprint density at radius 3 is 2.64 bits per heavy atom. The minimum Gasteiger partial charge on any atom is -0.496 e. The molecule has 0 spiro atoms. The van der Waals surface area contributed by atoms with Crippen molar-refractivity contribution < 1.29 is 23.8 Å². The molecule has 0 heterocycles. The highest BCUT2D eigenvalue weighted by atomic mass is 35.5. The van der Waals surface area contributed by atoms with Crippen LogP contribution < -0.4 is 14.8 Å². The summed E-state index contributed by atoms with van der Waals surface area (Å²) in [6.07, 6.45) is 0. The zero-order chi connectivity index (χ0) is 18.1. The Morgan fingerprint density at radius 1 is 1.08 bits per heavy atom. The Kier molecular flexibility index (Phi) is 7.10. The quantitative estimate of drug-likeness (QED) is 0.730. The van der Waals surface area contributed by atoms with Crippen LogP contribution in [0.15, 0.2) is 48.5 Å². The van der Waals surface area contributed by atoms with E-state index in [1.807, 2.05) is 18.2 Å². The summed E-state index contributed by atoms with van der Waals surface area (Å²) in [6.45, 7) is -0.410. The van der Waals surface area contributed by atoms with E-state index < -0.39 is 11.9 Å². The molecular weight excluding hydrogens is 346 g/mol. The van der Waals surface area contributed by atoms with Gasteiger partial charge in [0.15, 0.2) is 13.2 Å². The predicted octanol–water partition coefficient (Wildman–Crippen LogP) is 2.59. The highest BCUT2D eigenvalue weighted by molar-refractivity contribution is 6.30. The summed E-state index contributed by atoms with van der Waals surface area (Å²) in [6, 6.07) is 14.0. The van der Waals surface area contributed by atoms with E-state index in [0.717, 1.165) is 5.56 Å². The summed E-state index contributed by atoms with van der Waals surface area (Å²) >= 11 is 5.81. The lowest BCUT2D eigenvalue weighted by molar-refractivity contribution is -0.150. The number of halogens is 1. The second kappa shape index (κ2) is 9.54. The van der Waals surface area contributed by atoms with Crippen LogP contribution in [0.25, 0.3) is 0 Å². The Bertz CT molecular complexity index is 735. The van der Waals surface area contributed by atoms with Gasteiger partial charge in [0.05, 0.1) is 7.11 Å². The number of ether oxygens (including phenoxy) is 3. The molecule has 0 aliphatic heterocycles.